The third-order valence-corrected chi connectivity index (χ3v) is 6.88. The molecule has 1 amide bonds. The normalized spacial score (nSPS) is 24.2. The first-order valence-corrected chi connectivity index (χ1v) is 10.00. The Morgan fingerprint density at radius 3 is 2.62 bits per heavy atom. The van der Waals surface area contributed by atoms with Crippen LogP contribution in [0.3, 0.4) is 0 Å². The lowest BCUT2D eigenvalue weighted by molar-refractivity contribution is 0.0460. The lowest BCUT2D eigenvalue weighted by atomic mass is 9.95. The van der Waals surface area contributed by atoms with Gasteiger partial charge in [-0.3, -0.25) is 0 Å². The maximum absolute atomic E-state index is 13.0. The number of hydrogen-bond donors (Lipinski definition) is 1. The fourth-order valence-corrected chi connectivity index (χ4v) is 4.98. The molecule has 4 rings (SSSR count). The molecule has 2 fully saturated rings. The molecule has 0 bridgehead atoms. The van der Waals surface area contributed by atoms with Crippen molar-refractivity contribution in [2.75, 3.05) is 19.6 Å². The number of benzene rings is 1. The largest absolute Gasteiger partial charge is 0.441 e. The molecule has 26 heavy (non-hydrogen) atoms. The van der Waals surface area contributed by atoms with E-state index in [-0.39, 0.29) is 4.90 Å². The molecule has 1 N–H and O–H groups in total. The van der Waals surface area contributed by atoms with Crippen molar-refractivity contribution in [1.29, 1.82) is 0 Å². The quantitative estimate of drug-likeness (QED) is 0.877. The first kappa shape index (κ1) is 17.0. The molecule has 138 valence electrons. The average Bonchev–Trinajstić information content (AvgIpc) is 3.23. The number of aromatic nitrogens is 2. The lowest BCUT2D eigenvalue weighted by Gasteiger charge is -2.24. The second kappa shape index (κ2) is 6.40. The molecule has 2 saturated heterocycles. The van der Waals surface area contributed by atoms with E-state index in [1.807, 2.05) is 6.07 Å². The zero-order chi connectivity index (χ0) is 18.2. The summed E-state index contributed by atoms with van der Waals surface area (Å²) in [4.78, 5) is 11.6. The van der Waals surface area contributed by atoms with Gasteiger partial charge in [0, 0.05) is 31.9 Å². The molecule has 0 aliphatic carbocycles. The third kappa shape index (κ3) is 3.08. The lowest BCUT2D eigenvalue weighted by Crippen LogP contribution is -2.36. The molecule has 1 aromatic heterocycles. The fourth-order valence-electron chi connectivity index (χ4n) is 3.51. The van der Waals surface area contributed by atoms with E-state index in [0.717, 1.165) is 5.69 Å². The van der Waals surface area contributed by atoms with Gasteiger partial charge in [0.15, 0.2) is 0 Å². The molecular formula is C17H20N4O4S. The van der Waals surface area contributed by atoms with Crippen molar-refractivity contribution in [3.8, 4) is 5.69 Å². The van der Waals surface area contributed by atoms with Crippen LogP contribution in [0.15, 0.2) is 47.6 Å². The van der Waals surface area contributed by atoms with Crippen molar-refractivity contribution < 1.29 is 17.9 Å². The molecule has 2 aromatic rings. The predicted octanol–water partition coefficient (Wildman–Crippen LogP) is 1.53. The summed E-state index contributed by atoms with van der Waals surface area (Å²) in [7, 11) is -3.59. The Bertz CT molecular complexity index is 895. The summed E-state index contributed by atoms with van der Waals surface area (Å²) in [5.41, 5.74) is 0.221. The number of nitrogens with zero attached hydrogens (tertiary/aromatic N) is 3. The highest BCUT2D eigenvalue weighted by Gasteiger charge is 2.42. The zero-order valence-electron chi connectivity index (χ0n) is 14.2. The molecule has 1 aromatic carbocycles. The van der Waals surface area contributed by atoms with Crippen LogP contribution in [0.2, 0.25) is 0 Å². The molecule has 2 aliphatic rings. The molecule has 1 spiro atoms. The number of rotatable bonds is 3. The number of ether oxygens (including phenoxy) is 1. The third-order valence-electron chi connectivity index (χ3n) is 4.96. The molecule has 0 saturated carbocycles. The predicted molar refractivity (Wildman–Crippen MR) is 93.4 cm³/mol. The van der Waals surface area contributed by atoms with Crippen LogP contribution in [0, 0.1) is 0 Å². The summed E-state index contributed by atoms with van der Waals surface area (Å²) in [6, 6.07) is 8.49. The monoisotopic (exact) mass is 376 g/mol. The summed E-state index contributed by atoms with van der Waals surface area (Å²) in [6.07, 6.45) is 4.86. The maximum Gasteiger partial charge on any atom is 0.407 e. The highest BCUT2D eigenvalue weighted by molar-refractivity contribution is 7.89. The second-order valence-electron chi connectivity index (χ2n) is 6.63. The van der Waals surface area contributed by atoms with Gasteiger partial charge in [0.1, 0.15) is 5.60 Å². The SMILES string of the molecule is O=C1NC[C@@]2(CCCN(S(=O)(=O)c3ccc(-n4cccn4)cc3)CC2)O1. The molecule has 2 aliphatic heterocycles. The summed E-state index contributed by atoms with van der Waals surface area (Å²) < 4.78 is 34.5. The second-order valence-corrected chi connectivity index (χ2v) is 8.57. The van der Waals surface area contributed by atoms with E-state index >= 15 is 0 Å². The van der Waals surface area contributed by atoms with Crippen LogP contribution in [0.5, 0.6) is 0 Å². The van der Waals surface area contributed by atoms with Gasteiger partial charge in [-0.05, 0) is 43.2 Å². The summed E-state index contributed by atoms with van der Waals surface area (Å²) in [6.45, 7) is 1.19. The smallest absolute Gasteiger partial charge is 0.407 e. The topological polar surface area (TPSA) is 93.5 Å². The van der Waals surface area contributed by atoms with Gasteiger partial charge in [0.2, 0.25) is 10.0 Å². The first-order chi connectivity index (χ1) is 12.5. The fraction of sp³-hybridized carbons (Fsp3) is 0.412. The van der Waals surface area contributed by atoms with Gasteiger partial charge in [-0.15, -0.1) is 0 Å². The van der Waals surface area contributed by atoms with Crippen molar-refractivity contribution >= 4 is 16.1 Å². The van der Waals surface area contributed by atoms with E-state index in [4.69, 9.17) is 4.74 Å². The number of alkyl carbamates (subject to hydrolysis) is 1. The molecule has 9 heteroatoms. The number of hydrogen-bond acceptors (Lipinski definition) is 5. The van der Waals surface area contributed by atoms with Crippen molar-refractivity contribution in [2.45, 2.75) is 29.8 Å². The minimum Gasteiger partial charge on any atom is -0.441 e. The molecule has 1 atom stereocenters. The van der Waals surface area contributed by atoms with Gasteiger partial charge in [0.25, 0.3) is 0 Å². The molecular weight excluding hydrogens is 356 g/mol. The van der Waals surface area contributed by atoms with E-state index in [1.165, 1.54) is 4.31 Å². The Kier molecular flexibility index (Phi) is 4.20. The van der Waals surface area contributed by atoms with Crippen LogP contribution < -0.4 is 5.32 Å². The van der Waals surface area contributed by atoms with Crippen molar-refractivity contribution in [3.05, 3.63) is 42.7 Å². The van der Waals surface area contributed by atoms with Crippen molar-refractivity contribution in [2.24, 2.45) is 0 Å². The number of carbonyl (C=O) groups is 1. The van der Waals surface area contributed by atoms with Gasteiger partial charge < -0.3 is 10.1 Å². The van der Waals surface area contributed by atoms with Crippen LogP contribution in [0.4, 0.5) is 4.79 Å². The average molecular weight is 376 g/mol. The van der Waals surface area contributed by atoms with Crippen molar-refractivity contribution in [3.63, 3.8) is 0 Å². The molecule has 8 nitrogen and oxygen atoms in total. The van der Waals surface area contributed by atoms with Crippen molar-refractivity contribution in [1.82, 2.24) is 19.4 Å². The molecule has 0 radical (unpaired) electrons. The van der Waals surface area contributed by atoms with E-state index < -0.39 is 21.7 Å². The van der Waals surface area contributed by atoms with Crippen LogP contribution in [0.25, 0.3) is 5.69 Å². The van der Waals surface area contributed by atoms with Gasteiger partial charge in [-0.1, -0.05) is 0 Å². The minimum absolute atomic E-state index is 0.255. The van der Waals surface area contributed by atoms with Crippen LogP contribution in [-0.4, -0.2) is 53.8 Å². The summed E-state index contributed by atoms with van der Waals surface area (Å²) in [5, 5.41) is 6.81. The minimum atomic E-state index is -3.59. The highest BCUT2D eigenvalue weighted by Crippen LogP contribution is 2.31. The maximum atomic E-state index is 13.0. The van der Waals surface area contributed by atoms with E-state index in [0.29, 0.717) is 38.9 Å². The number of amides is 1. The van der Waals surface area contributed by atoms with Crippen LogP contribution in [0.1, 0.15) is 19.3 Å². The molecule has 0 unspecified atom stereocenters. The summed E-state index contributed by atoms with van der Waals surface area (Å²) >= 11 is 0. The van der Waals surface area contributed by atoms with Crippen LogP contribution >= 0.6 is 0 Å². The summed E-state index contributed by atoms with van der Waals surface area (Å²) in [5.74, 6) is 0. The Morgan fingerprint density at radius 1 is 1.15 bits per heavy atom. The molecule has 3 heterocycles. The van der Waals surface area contributed by atoms with Gasteiger partial charge in [0.05, 0.1) is 17.1 Å². The Balaban J connectivity index is 1.52. The Hall–Kier alpha value is -2.39. The van der Waals surface area contributed by atoms with Gasteiger partial charge in [-0.2, -0.15) is 9.40 Å². The van der Waals surface area contributed by atoms with E-state index in [9.17, 15) is 13.2 Å². The standard InChI is InChI=1S/C17H20N4O4S/c22-16-18-13-17(25-16)7-1-10-20(12-8-17)26(23,24)15-5-3-14(4-6-15)21-11-2-9-19-21/h2-6,9,11H,1,7-8,10,12-13H2,(H,18,22)/t17-/m0/s1. The van der Waals surface area contributed by atoms with E-state index in [2.05, 4.69) is 10.4 Å². The number of nitrogens with one attached hydrogen (secondary N) is 1. The Morgan fingerprint density at radius 2 is 1.96 bits per heavy atom. The number of sulfonamides is 1. The number of carbonyl (C=O) groups excluding carboxylic acids is 1. The van der Waals surface area contributed by atoms with Gasteiger partial charge in [-0.25, -0.2) is 17.9 Å². The highest BCUT2D eigenvalue weighted by atomic mass is 32.2. The Labute approximate surface area is 151 Å². The zero-order valence-corrected chi connectivity index (χ0v) is 15.0. The van der Waals surface area contributed by atoms with Crippen LogP contribution in [-0.2, 0) is 14.8 Å². The van der Waals surface area contributed by atoms with Gasteiger partial charge >= 0.3 is 6.09 Å². The van der Waals surface area contributed by atoms with E-state index in [1.54, 1.807) is 41.3 Å². The first-order valence-electron chi connectivity index (χ1n) is 8.56.